The quantitative estimate of drug-likeness (QED) is 0.583. The maximum atomic E-state index is 9.89. The first-order valence-electron chi connectivity index (χ1n) is 10.3. The van der Waals surface area contributed by atoms with Gasteiger partial charge >= 0.3 is 0 Å². The predicted octanol–water partition coefficient (Wildman–Crippen LogP) is 3.82. The molecule has 1 aromatic rings. The molecule has 0 radical (unpaired) electrons. The fourth-order valence-electron chi connectivity index (χ4n) is 4.34. The Kier molecular flexibility index (Phi) is 8.12. The zero-order chi connectivity index (χ0) is 19.1. The van der Waals surface area contributed by atoms with Gasteiger partial charge in [0.05, 0.1) is 19.3 Å². The van der Waals surface area contributed by atoms with E-state index in [1.54, 1.807) is 18.0 Å². The monoisotopic (exact) mass is 394 g/mol. The molecule has 1 saturated carbocycles. The lowest BCUT2D eigenvalue weighted by Crippen LogP contribution is -2.52. The van der Waals surface area contributed by atoms with Gasteiger partial charge in [0.15, 0.2) is 0 Å². The zero-order valence-corrected chi connectivity index (χ0v) is 17.4. The summed E-state index contributed by atoms with van der Waals surface area (Å²) in [4.78, 5) is 0. The van der Waals surface area contributed by atoms with E-state index in [0.717, 1.165) is 50.1 Å². The second-order valence-corrected chi connectivity index (χ2v) is 8.24. The maximum Gasteiger partial charge on any atom is 0.123 e. The lowest BCUT2D eigenvalue weighted by molar-refractivity contribution is 0.00525. The van der Waals surface area contributed by atoms with Gasteiger partial charge in [0.1, 0.15) is 11.5 Å². The molecule has 3 rings (SSSR count). The molecule has 1 aromatic carbocycles. The number of ether oxygens (including phenoxy) is 2. The van der Waals surface area contributed by atoms with Gasteiger partial charge in [0.2, 0.25) is 0 Å². The Morgan fingerprint density at radius 1 is 1.22 bits per heavy atom. The zero-order valence-electron chi connectivity index (χ0n) is 16.6. The SMILES string of the molecule is CCOc1ccc(O)cc1[C@H]1CC[C@@H](OCC2NCCCC2NSC)CC1. The summed E-state index contributed by atoms with van der Waals surface area (Å²) in [5.74, 6) is 1.68. The molecule has 1 heterocycles. The van der Waals surface area contributed by atoms with Crippen molar-refractivity contribution in [2.75, 3.05) is 26.0 Å². The van der Waals surface area contributed by atoms with E-state index >= 15 is 0 Å². The van der Waals surface area contributed by atoms with Crippen LogP contribution in [-0.4, -0.2) is 49.3 Å². The molecular formula is C21H34N2O3S. The van der Waals surface area contributed by atoms with E-state index < -0.39 is 0 Å². The summed E-state index contributed by atoms with van der Waals surface area (Å²) in [6.07, 6.45) is 9.17. The molecule has 1 aliphatic heterocycles. The molecule has 2 aliphatic rings. The van der Waals surface area contributed by atoms with E-state index in [0.29, 0.717) is 36.5 Å². The van der Waals surface area contributed by atoms with Crippen molar-refractivity contribution in [3.05, 3.63) is 23.8 Å². The number of phenolic OH excluding ortho intramolecular Hbond substituents is 1. The number of hydrogen-bond donors (Lipinski definition) is 3. The van der Waals surface area contributed by atoms with Crippen LogP contribution in [0.1, 0.15) is 56.9 Å². The molecule has 0 amide bonds. The van der Waals surface area contributed by atoms with E-state index in [4.69, 9.17) is 9.47 Å². The number of phenols is 1. The molecule has 2 atom stereocenters. The van der Waals surface area contributed by atoms with Gasteiger partial charge in [-0.1, -0.05) is 11.9 Å². The number of aromatic hydroxyl groups is 1. The van der Waals surface area contributed by atoms with Gasteiger partial charge in [-0.05, 0) is 82.4 Å². The number of nitrogens with one attached hydrogen (secondary N) is 2. The van der Waals surface area contributed by atoms with Crippen LogP contribution < -0.4 is 14.8 Å². The Labute approximate surface area is 167 Å². The molecule has 3 N–H and O–H groups in total. The second-order valence-electron chi connectivity index (χ2n) is 7.59. The third-order valence-electron chi connectivity index (χ3n) is 5.77. The minimum atomic E-state index is 0.322. The first-order valence-corrected chi connectivity index (χ1v) is 11.5. The largest absolute Gasteiger partial charge is 0.508 e. The third-order valence-corrected chi connectivity index (χ3v) is 6.31. The molecule has 6 heteroatoms. The normalized spacial score (nSPS) is 28.8. The van der Waals surface area contributed by atoms with Crippen LogP contribution in [0.2, 0.25) is 0 Å². The Morgan fingerprint density at radius 2 is 2.04 bits per heavy atom. The average molecular weight is 395 g/mol. The van der Waals surface area contributed by atoms with Crippen molar-refractivity contribution in [3.63, 3.8) is 0 Å². The van der Waals surface area contributed by atoms with Crippen LogP contribution in [0.5, 0.6) is 11.5 Å². The van der Waals surface area contributed by atoms with Crippen molar-refractivity contribution >= 4 is 11.9 Å². The van der Waals surface area contributed by atoms with E-state index in [1.165, 1.54) is 12.8 Å². The Balaban J connectivity index is 1.50. The highest BCUT2D eigenvalue weighted by Gasteiger charge is 2.28. The molecule has 1 saturated heterocycles. The highest BCUT2D eigenvalue weighted by atomic mass is 32.2. The summed E-state index contributed by atoms with van der Waals surface area (Å²) >= 11 is 1.70. The Bertz CT molecular complexity index is 577. The van der Waals surface area contributed by atoms with Crippen LogP contribution in [0.4, 0.5) is 0 Å². The lowest BCUT2D eigenvalue weighted by Gasteiger charge is -2.35. The molecule has 1 aliphatic carbocycles. The molecule has 152 valence electrons. The molecule has 2 fully saturated rings. The topological polar surface area (TPSA) is 62.8 Å². The third kappa shape index (κ3) is 5.76. The van der Waals surface area contributed by atoms with E-state index in [9.17, 15) is 5.11 Å². The summed E-state index contributed by atoms with van der Waals surface area (Å²) in [6.45, 7) is 4.52. The van der Waals surface area contributed by atoms with Crippen molar-refractivity contribution in [3.8, 4) is 11.5 Å². The van der Waals surface area contributed by atoms with Gasteiger partial charge in [0.25, 0.3) is 0 Å². The highest BCUT2D eigenvalue weighted by Crippen LogP contribution is 2.40. The first-order chi connectivity index (χ1) is 13.2. The summed E-state index contributed by atoms with van der Waals surface area (Å²) in [5, 5.41) is 13.5. The number of hydrogen-bond acceptors (Lipinski definition) is 6. The fraction of sp³-hybridized carbons (Fsp3) is 0.714. The van der Waals surface area contributed by atoms with Crippen LogP contribution >= 0.6 is 11.9 Å². The van der Waals surface area contributed by atoms with Crippen molar-refractivity contribution in [2.24, 2.45) is 0 Å². The smallest absolute Gasteiger partial charge is 0.123 e. The number of piperidine rings is 1. The van der Waals surface area contributed by atoms with Crippen LogP contribution in [0.25, 0.3) is 0 Å². The van der Waals surface area contributed by atoms with Gasteiger partial charge in [-0.3, -0.25) is 4.72 Å². The van der Waals surface area contributed by atoms with Gasteiger partial charge in [-0.2, -0.15) is 0 Å². The minimum Gasteiger partial charge on any atom is -0.508 e. The first kappa shape index (κ1) is 20.8. The Morgan fingerprint density at radius 3 is 2.78 bits per heavy atom. The molecule has 0 bridgehead atoms. The lowest BCUT2D eigenvalue weighted by atomic mass is 9.82. The van der Waals surface area contributed by atoms with Crippen LogP contribution in [0.15, 0.2) is 18.2 Å². The molecule has 0 aromatic heterocycles. The Hall–Kier alpha value is -0.950. The molecule has 27 heavy (non-hydrogen) atoms. The summed E-state index contributed by atoms with van der Waals surface area (Å²) in [7, 11) is 0. The molecule has 2 unspecified atom stereocenters. The van der Waals surface area contributed by atoms with Crippen LogP contribution in [0.3, 0.4) is 0 Å². The van der Waals surface area contributed by atoms with Crippen LogP contribution in [0, 0.1) is 0 Å². The summed E-state index contributed by atoms with van der Waals surface area (Å²) in [6, 6.07) is 6.37. The molecule has 0 spiro atoms. The maximum absolute atomic E-state index is 9.89. The summed E-state index contributed by atoms with van der Waals surface area (Å²) in [5.41, 5.74) is 1.15. The average Bonchev–Trinajstić information content (AvgIpc) is 2.69. The summed E-state index contributed by atoms with van der Waals surface area (Å²) < 4.78 is 15.6. The van der Waals surface area contributed by atoms with Gasteiger partial charge in [-0.15, -0.1) is 0 Å². The van der Waals surface area contributed by atoms with E-state index in [2.05, 4.69) is 16.3 Å². The fourth-order valence-corrected chi connectivity index (χ4v) is 4.93. The standard InChI is InChI=1S/C21H34N2O3S/c1-3-25-21-11-8-16(24)13-18(21)15-6-9-17(10-7-15)26-14-20-19(23-27-2)5-4-12-22-20/h8,11,13,15,17,19-20,22-24H,3-7,9-10,12,14H2,1-2H3/t15-,17+,19?,20?. The predicted molar refractivity (Wildman–Crippen MR) is 112 cm³/mol. The second kappa shape index (κ2) is 10.6. The van der Waals surface area contributed by atoms with E-state index in [1.807, 2.05) is 19.1 Å². The molecule has 5 nitrogen and oxygen atoms in total. The molecular weight excluding hydrogens is 360 g/mol. The van der Waals surface area contributed by atoms with Gasteiger partial charge in [-0.25, -0.2) is 0 Å². The van der Waals surface area contributed by atoms with Crippen molar-refractivity contribution < 1.29 is 14.6 Å². The van der Waals surface area contributed by atoms with Gasteiger partial charge in [0, 0.05) is 17.6 Å². The van der Waals surface area contributed by atoms with Crippen molar-refractivity contribution in [1.29, 1.82) is 0 Å². The van der Waals surface area contributed by atoms with Gasteiger partial charge < -0.3 is 19.9 Å². The van der Waals surface area contributed by atoms with E-state index in [-0.39, 0.29) is 0 Å². The highest BCUT2D eigenvalue weighted by molar-refractivity contribution is 7.96. The van der Waals surface area contributed by atoms with Crippen LogP contribution in [-0.2, 0) is 4.74 Å². The number of rotatable bonds is 8. The number of benzene rings is 1. The van der Waals surface area contributed by atoms with Crippen molar-refractivity contribution in [2.45, 2.75) is 69.6 Å². The minimum absolute atomic E-state index is 0.322. The van der Waals surface area contributed by atoms with Crippen molar-refractivity contribution in [1.82, 2.24) is 10.0 Å².